The number of non-ortho nitro benzene ring substituents is 1. The average Bonchev–Trinajstić information content (AvgIpc) is 2.94. The van der Waals surface area contributed by atoms with Crippen molar-refractivity contribution in [1.29, 1.82) is 0 Å². The number of amides is 1. The number of nitrogens with zero attached hydrogens (tertiary/aromatic N) is 3. The van der Waals surface area contributed by atoms with Crippen LogP contribution in [-0.2, 0) is 10.5 Å². The first-order chi connectivity index (χ1) is 10.1. The molecule has 0 aromatic heterocycles. The van der Waals surface area contributed by atoms with Gasteiger partial charge in [-0.05, 0) is 12.5 Å². The molecule has 0 saturated heterocycles. The zero-order valence-electron chi connectivity index (χ0n) is 11.5. The van der Waals surface area contributed by atoms with Gasteiger partial charge < -0.3 is 4.74 Å². The summed E-state index contributed by atoms with van der Waals surface area (Å²) in [7, 11) is 0. The fraction of sp³-hybridized carbons (Fsp3) is 0.385. The van der Waals surface area contributed by atoms with Crippen molar-refractivity contribution in [2.75, 3.05) is 19.7 Å². The summed E-state index contributed by atoms with van der Waals surface area (Å²) >= 11 is 1.37. The average molecular weight is 309 g/mol. The van der Waals surface area contributed by atoms with Crippen LogP contribution >= 0.6 is 11.8 Å². The lowest BCUT2D eigenvalue weighted by atomic mass is 10.2. The zero-order valence-corrected chi connectivity index (χ0v) is 12.3. The number of rotatable bonds is 4. The molecule has 1 aromatic carbocycles. The van der Waals surface area contributed by atoms with Gasteiger partial charge in [0.1, 0.15) is 0 Å². The number of carbonyl (C=O) groups excluding carboxylic acids is 1. The topological polar surface area (TPSA) is 85.0 Å². The van der Waals surface area contributed by atoms with Gasteiger partial charge in [-0.2, -0.15) is 0 Å². The van der Waals surface area contributed by atoms with Crippen molar-refractivity contribution in [3.63, 3.8) is 0 Å². The molecule has 1 aromatic rings. The van der Waals surface area contributed by atoms with E-state index in [1.165, 1.54) is 28.8 Å². The van der Waals surface area contributed by atoms with E-state index in [2.05, 4.69) is 4.99 Å². The maximum absolute atomic E-state index is 11.7. The molecule has 1 aliphatic rings. The molecule has 0 saturated carbocycles. The molecule has 0 bridgehead atoms. The number of hydrogen-bond donors (Lipinski definition) is 0. The lowest BCUT2D eigenvalue weighted by molar-refractivity contribution is -0.384. The molecule has 1 aliphatic heterocycles. The smallest absolute Gasteiger partial charge is 0.415 e. The van der Waals surface area contributed by atoms with Crippen LogP contribution in [0.15, 0.2) is 29.3 Å². The largest absolute Gasteiger partial charge is 0.449 e. The third-order valence-electron chi connectivity index (χ3n) is 2.78. The second kappa shape index (κ2) is 7.07. The number of benzene rings is 1. The van der Waals surface area contributed by atoms with E-state index >= 15 is 0 Å². The summed E-state index contributed by atoms with van der Waals surface area (Å²) in [5.41, 5.74) is 0.872. The van der Waals surface area contributed by atoms with E-state index in [-0.39, 0.29) is 5.69 Å². The number of amidine groups is 1. The molecule has 8 heteroatoms. The summed E-state index contributed by atoms with van der Waals surface area (Å²) in [6.45, 7) is 3.13. The van der Waals surface area contributed by atoms with Crippen LogP contribution in [0.2, 0.25) is 0 Å². The van der Waals surface area contributed by atoms with Crippen molar-refractivity contribution < 1.29 is 14.5 Å². The summed E-state index contributed by atoms with van der Waals surface area (Å²) < 4.78 is 4.96. The Bertz CT molecular complexity index is 576. The SMILES string of the molecule is CCOC(=O)N1CCN=C1SCc1cccc([N+](=O)[O-])c1. The van der Waals surface area contributed by atoms with Gasteiger partial charge in [-0.15, -0.1) is 0 Å². The molecule has 0 unspecified atom stereocenters. The molecule has 0 atom stereocenters. The Morgan fingerprint density at radius 3 is 3.10 bits per heavy atom. The number of carbonyl (C=O) groups is 1. The van der Waals surface area contributed by atoms with Crippen molar-refractivity contribution in [2.45, 2.75) is 12.7 Å². The van der Waals surface area contributed by atoms with Gasteiger partial charge in [0.25, 0.3) is 5.69 Å². The number of ether oxygens (including phenoxy) is 1. The summed E-state index contributed by atoms with van der Waals surface area (Å²) in [6, 6.07) is 6.43. The van der Waals surface area contributed by atoms with Crippen molar-refractivity contribution in [1.82, 2.24) is 4.90 Å². The van der Waals surface area contributed by atoms with Crippen LogP contribution in [0.5, 0.6) is 0 Å². The van der Waals surface area contributed by atoms with E-state index < -0.39 is 11.0 Å². The third-order valence-corrected chi connectivity index (χ3v) is 3.86. The van der Waals surface area contributed by atoms with Crippen LogP contribution in [0.3, 0.4) is 0 Å². The quantitative estimate of drug-likeness (QED) is 0.630. The van der Waals surface area contributed by atoms with Crippen molar-refractivity contribution in [3.8, 4) is 0 Å². The standard InChI is InChI=1S/C13H15N3O4S/c1-2-20-13(17)15-7-6-14-12(15)21-9-10-4-3-5-11(8-10)16(18)19/h3-5,8H,2,6-7,9H2,1H3. The van der Waals surface area contributed by atoms with Gasteiger partial charge in [-0.25, -0.2) is 4.79 Å². The molecule has 112 valence electrons. The zero-order chi connectivity index (χ0) is 15.2. The molecular weight excluding hydrogens is 294 g/mol. The molecule has 7 nitrogen and oxygen atoms in total. The number of nitro groups is 1. The first-order valence-electron chi connectivity index (χ1n) is 6.46. The summed E-state index contributed by atoms with van der Waals surface area (Å²) in [4.78, 5) is 27.8. The highest BCUT2D eigenvalue weighted by atomic mass is 32.2. The second-order valence-electron chi connectivity index (χ2n) is 4.23. The lowest BCUT2D eigenvalue weighted by Crippen LogP contribution is -2.33. The normalized spacial score (nSPS) is 14.0. The van der Waals surface area contributed by atoms with Gasteiger partial charge in [-0.3, -0.25) is 20.0 Å². The molecule has 0 N–H and O–H groups in total. The van der Waals surface area contributed by atoms with Crippen LogP contribution < -0.4 is 0 Å². The fourth-order valence-electron chi connectivity index (χ4n) is 1.83. The highest BCUT2D eigenvalue weighted by Gasteiger charge is 2.25. The van der Waals surface area contributed by atoms with Crippen LogP contribution in [0.4, 0.5) is 10.5 Å². The third kappa shape index (κ3) is 3.94. The maximum Gasteiger partial charge on any atom is 0.415 e. The van der Waals surface area contributed by atoms with Gasteiger partial charge in [0.2, 0.25) is 0 Å². The highest BCUT2D eigenvalue weighted by Crippen LogP contribution is 2.22. The van der Waals surface area contributed by atoms with E-state index in [0.29, 0.717) is 30.6 Å². The van der Waals surface area contributed by atoms with Crippen LogP contribution in [-0.4, -0.2) is 40.8 Å². The maximum atomic E-state index is 11.7. The highest BCUT2D eigenvalue weighted by molar-refractivity contribution is 8.13. The predicted molar refractivity (Wildman–Crippen MR) is 80.4 cm³/mol. The van der Waals surface area contributed by atoms with Gasteiger partial charge in [0.05, 0.1) is 24.6 Å². The Morgan fingerprint density at radius 1 is 1.57 bits per heavy atom. The van der Waals surface area contributed by atoms with Crippen LogP contribution in [0.25, 0.3) is 0 Å². The molecule has 1 heterocycles. The minimum Gasteiger partial charge on any atom is -0.449 e. The lowest BCUT2D eigenvalue weighted by Gasteiger charge is -2.16. The Hall–Kier alpha value is -2.09. The molecular formula is C13H15N3O4S. The molecule has 1 amide bonds. The van der Waals surface area contributed by atoms with Gasteiger partial charge in [-0.1, -0.05) is 23.9 Å². The fourth-order valence-corrected chi connectivity index (χ4v) is 2.81. The first-order valence-corrected chi connectivity index (χ1v) is 7.45. The first kappa shape index (κ1) is 15.3. The van der Waals surface area contributed by atoms with Crippen molar-refractivity contribution in [2.24, 2.45) is 4.99 Å². The van der Waals surface area contributed by atoms with Gasteiger partial charge in [0.15, 0.2) is 5.17 Å². The monoisotopic (exact) mass is 309 g/mol. The van der Waals surface area contributed by atoms with Gasteiger partial charge >= 0.3 is 6.09 Å². The molecule has 0 radical (unpaired) electrons. The van der Waals surface area contributed by atoms with E-state index in [9.17, 15) is 14.9 Å². The molecule has 0 aliphatic carbocycles. The number of nitro benzene ring substituents is 1. The molecule has 21 heavy (non-hydrogen) atoms. The molecule has 0 fully saturated rings. The predicted octanol–water partition coefficient (Wildman–Crippen LogP) is 2.66. The molecule has 0 spiro atoms. The van der Waals surface area contributed by atoms with E-state index in [4.69, 9.17) is 4.74 Å². The second-order valence-corrected chi connectivity index (χ2v) is 5.17. The Balaban J connectivity index is 1.97. The Morgan fingerprint density at radius 2 is 2.38 bits per heavy atom. The van der Waals surface area contributed by atoms with E-state index in [1.54, 1.807) is 13.0 Å². The van der Waals surface area contributed by atoms with Crippen molar-refractivity contribution in [3.05, 3.63) is 39.9 Å². The number of aliphatic imine (C=N–C) groups is 1. The minimum atomic E-state index is -0.424. The molecule has 2 rings (SSSR count). The summed E-state index contributed by atoms with van der Waals surface area (Å²) in [6.07, 6.45) is -0.403. The summed E-state index contributed by atoms with van der Waals surface area (Å²) in [5.74, 6) is 0.510. The van der Waals surface area contributed by atoms with Crippen LogP contribution in [0.1, 0.15) is 12.5 Å². The van der Waals surface area contributed by atoms with E-state index in [1.807, 2.05) is 6.07 Å². The number of hydrogen-bond acceptors (Lipinski definition) is 6. The van der Waals surface area contributed by atoms with Gasteiger partial charge in [0, 0.05) is 17.9 Å². The Kier molecular flexibility index (Phi) is 5.15. The van der Waals surface area contributed by atoms with Crippen LogP contribution in [0, 0.1) is 10.1 Å². The minimum absolute atomic E-state index is 0.0590. The Labute approximate surface area is 126 Å². The van der Waals surface area contributed by atoms with E-state index in [0.717, 1.165) is 5.56 Å². The van der Waals surface area contributed by atoms with Crippen molar-refractivity contribution >= 4 is 28.7 Å². The summed E-state index contributed by atoms with van der Waals surface area (Å²) in [5, 5.41) is 11.3. The number of thioether (sulfide) groups is 1.